The van der Waals surface area contributed by atoms with Crippen LogP contribution >= 0.6 is 0 Å². The van der Waals surface area contributed by atoms with Gasteiger partial charge in [0.15, 0.2) is 0 Å². The average molecular weight is 230 g/mol. The predicted octanol–water partition coefficient (Wildman–Crippen LogP) is 2.90. The van der Waals surface area contributed by atoms with Gasteiger partial charge >= 0.3 is 5.97 Å². The molecular formula is C11H22O3Si. The molecule has 0 N–H and O–H groups in total. The van der Waals surface area contributed by atoms with Gasteiger partial charge in [0.2, 0.25) is 5.78 Å². The van der Waals surface area contributed by atoms with Crippen LogP contribution in [0.4, 0.5) is 0 Å². The molecule has 0 unspecified atom stereocenters. The molecule has 0 aromatic heterocycles. The Balaban J connectivity index is 4.48. The van der Waals surface area contributed by atoms with Crippen LogP contribution in [-0.4, -0.2) is 20.1 Å². The van der Waals surface area contributed by atoms with E-state index in [1.807, 2.05) is 40.8 Å². The first-order chi connectivity index (χ1) is 6.62. The van der Waals surface area contributed by atoms with Crippen LogP contribution in [0.2, 0.25) is 18.1 Å². The second kappa shape index (κ2) is 4.92. The third-order valence-electron chi connectivity index (χ3n) is 2.86. The fraction of sp³-hybridized carbons (Fsp3) is 0.818. The van der Waals surface area contributed by atoms with Crippen molar-refractivity contribution in [3.8, 4) is 0 Å². The predicted molar refractivity (Wildman–Crippen MR) is 63.2 cm³/mol. The maximum Gasteiger partial charge on any atom is 0.361 e. The zero-order chi connectivity index (χ0) is 12.3. The summed E-state index contributed by atoms with van der Waals surface area (Å²) in [5.74, 6) is -1.05. The molecule has 0 radical (unpaired) electrons. The second-order valence-electron chi connectivity index (χ2n) is 5.32. The molecule has 0 atom stereocenters. The van der Waals surface area contributed by atoms with E-state index in [9.17, 15) is 9.59 Å². The fourth-order valence-corrected chi connectivity index (χ4v) is 1.65. The molecule has 3 nitrogen and oxygen atoms in total. The topological polar surface area (TPSA) is 43.4 Å². The SMILES string of the molecule is CCCC(=O)C(=O)O[Si](C)(C)C(C)(C)C. The summed E-state index contributed by atoms with van der Waals surface area (Å²) in [5.41, 5.74) is 0. The molecule has 0 saturated carbocycles. The summed E-state index contributed by atoms with van der Waals surface area (Å²) in [6, 6.07) is 0. The molecule has 0 aromatic rings. The standard InChI is InChI=1S/C11H22O3Si/c1-7-8-9(12)10(13)14-15(5,6)11(2,3)4/h7-8H2,1-6H3. The number of Topliss-reactive ketones (excluding diaryl/α,β-unsaturated/α-hetero) is 1. The third kappa shape index (κ3) is 4.16. The van der Waals surface area contributed by atoms with Crippen molar-refractivity contribution < 1.29 is 14.0 Å². The molecule has 0 aliphatic carbocycles. The van der Waals surface area contributed by atoms with Gasteiger partial charge in [-0.3, -0.25) is 4.79 Å². The molecule has 15 heavy (non-hydrogen) atoms. The van der Waals surface area contributed by atoms with Crippen LogP contribution in [0, 0.1) is 0 Å². The molecule has 0 rings (SSSR count). The smallest absolute Gasteiger partial charge is 0.361 e. The lowest BCUT2D eigenvalue weighted by molar-refractivity contribution is -0.147. The summed E-state index contributed by atoms with van der Waals surface area (Å²) in [7, 11) is -2.13. The van der Waals surface area contributed by atoms with Crippen molar-refractivity contribution in [2.45, 2.75) is 58.7 Å². The molecule has 0 saturated heterocycles. The lowest BCUT2D eigenvalue weighted by Crippen LogP contribution is -2.44. The van der Waals surface area contributed by atoms with Crippen LogP contribution in [0.25, 0.3) is 0 Å². The number of ketones is 1. The molecule has 0 aromatic carbocycles. The maximum absolute atomic E-state index is 11.5. The third-order valence-corrected chi connectivity index (χ3v) is 7.17. The van der Waals surface area contributed by atoms with Crippen molar-refractivity contribution in [3.05, 3.63) is 0 Å². The molecule has 0 bridgehead atoms. The van der Waals surface area contributed by atoms with Crippen LogP contribution in [0.1, 0.15) is 40.5 Å². The minimum absolute atomic E-state index is 0.0465. The number of carbonyl (C=O) groups excluding carboxylic acids is 2. The van der Waals surface area contributed by atoms with Crippen molar-refractivity contribution in [2.24, 2.45) is 0 Å². The summed E-state index contributed by atoms with van der Waals surface area (Å²) in [6.45, 7) is 11.9. The van der Waals surface area contributed by atoms with Gasteiger partial charge in [-0.2, -0.15) is 0 Å². The molecule has 0 fully saturated rings. The van der Waals surface area contributed by atoms with E-state index in [4.69, 9.17) is 4.43 Å². The van der Waals surface area contributed by atoms with E-state index < -0.39 is 20.1 Å². The fourth-order valence-electron chi connectivity index (χ4n) is 0.771. The Morgan fingerprint density at radius 3 is 2.00 bits per heavy atom. The van der Waals surface area contributed by atoms with Crippen molar-refractivity contribution in [3.63, 3.8) is 0 Å². The van der Waals surface area contributed by atoms with Crippen molar-refractivity contribution >= 4 is 20.1 Å². The molecule has 0 amide bonds. The molecular weight excluding hydrogens is 208 g/mol. The van der Waals surface area contributed by atoms with E-state index in [-0.39, 0.29) is 11.5 Å². The molecule has 0 aliphatic heterocycles. The normalized spacial score (nSPS) is 12.4. The molecule has 0 aliphatic rings. The van der Waals surface area contributed by atoms with E-state index in [0.29, 0.717) is 6.42 Å². The van der Waals surface area contributed by atoms with Crippen LogP contribution in [0.15, 0.2) is 0 Å². The monoisotopic (exact) mass is 230 g/mol. The Hall–Kier alpha value is -0.643. The first kappa shape index (κ1) is 14.4. The van der Waals surface area contributed by atoms with Gasteiger partial charge in [-0.1, -0.05) is 27.7 Å². The average Bonchev–Trinajstić information content (AvgIpc) is 2.01. The Morgan fingerprint density at radius 1 is 1.20 bits per heavy atom. The lowest BCUT2D eigenvalue weighted by atomic mass is 10.2. The summed E-state index contributed by atoms with van der Waals surface area (Å²) < 4.78 is 5.37. The number of carbonyl (C=O) groups is 2. The molecule has 4 heteroatoms. The minimum atomic E-state index is -2.13. The number of rotatable bonds is 4. The highest BCUT2D eigenvalue weighted by molar-refractivity contribution is 6.76. The Morgan fingerprint density at radius 2 is 1.67 bits per heavy atom. The van der Waals surface area contributed by atoms with E-state index in [0.717, 1.165) is 0 Å². The van der Waals surface area contributed by atoms with E-state index in [2.05, 4.69) is 0 Å². The first-order valence-electron chi connectivity index (χ1n) is 5.38. The van der Waals surface area contributed by atoms with Gasteiger partial charge in [0.1, 0.15) is 0 Å². The summed E-state index contributed by atoms with van der Waals surface area (Å²) in [4.78, 5) is 22.8. The quantitative estimate of drug-likeness (QED) is 0.551. The van der Waals surface area contributed by atoms with Crippen LogP contribution < -0.4 is 0 Å². The summed E-state index contributed by atoms with van der Waals surface area (Å²) in [5, 5.41) is -0.0465. The van der Waals surface area contributed by atoms with E-state index in [1.165, 1.54) is 0 Å². The lowest BCUT2D eigenvalue weighted by Gasteiger charge is -2.35. The van der Waals surface area contributed by atoms with Crippen LogP contribution in [0.5, 0.6) is 0 Å². The zero-order valence-corrected chi connectivity index (χ0v) is 11.6. The van der Waals surface area contributed by atoms with E-state index in [1.54, 1.807) is 0 Å². The van der Waals surface area contributed by atoms with Gasteiger partial charge in [-0.15, -0.1) is 0 Å². The van der Waals surface area contributed by atoms with Gasteiger partial charge in [0.05, 0.1) is 0 Å². The second-order valence-corrected chi connectivity index (χ2v) is 10.0. The van der Waals surface area contributed by atoms with Gasteiger partial charge in [0.25, 0.3) is 8.32 Å². The Bertz CT molecular complexity index is 251. The zero-order valence-electron chi connectivity index (χ0n) is 10.6. The van der Waals surface area contributed by atoms with Crippen LogP contribution in [-0.2, 0) is 14.0 Å². The van der Waals surface area contributed by atoms with Gasteiger partial charge in [-0.05, 0) is 24.6 Å². The summed E-state index contributed by atoms with van der Waals surface area (Å²) >= 11 is 0. The van der Waals surface area contributed by atoms with Gasteiger partial charge < -0.3 is 4.43 Å². The first-order valence-corrected chi connectivity index (χ1v) is 8.29. The molecule has 0 heterocycles. The van der Waals surface area contributed by atoms with Crippen molar-refractivity contribution in [1.82, 2.24) is 0 Å². The largest absolute Gasteiger partial charge is 0.514 e. The Kier molecular flexibility index (Phi) is 4.71. The number of hydrogen-bond donors (Lipinski definition) is 0. The molecule has 0 spiro atoms. The number of hydrogen-bond acceptors (Lipinski definition) is 3. The maximum atomic E-state index is 11.5. The van der Waals surface area contributed by atoms with Gasteiger partial charge in [0, 0.05) is 6.42 Å². The highest BCUT2D eigenvalue weighted by atomic mass is 28.4. The van der Waals surface area contributed by atoms with Crippen LogP contribution in [0.3, 0.4) is 0 Å². The minimum Gasteiger partial charge on any atom is -0.514 e. The van der Waals surface area contributed by atoms with Crippen molar-refractivity contribution in [2.75, 3.05) is 0 Å². The van der Waals surface area contributed by atoms with Crippen molar-refractivity contribution in [1.29, 1.82) is 0 Å². The Labute approximate surface area is 93.3 Å². The highest BCUT2D eigenvalue weighted by Crippen LogP contribution is 2.36. The highest BCUT2D eigenvalue weighted by Gasteiger charge is 2.41. The summed E-state index contributed by atoms with van der Waals surface area (Å²) in [6.07, 6.45) is 0.971. The van der Waals surface area contributed by atoms with E-state index >= 15 is 0 Å². The van der Waals surface area contributed by atoms with Gasteiger partial charge in [-0.25, -0.2) is 4.79 Å². The molecule has 88 valence electrons.